The number of nitrogens with two attached hydrogens (primary N) is 1. The number of hydrogen-bond donors (Lipinski definition) is 2. The Labute approximate surface area is 122 Å². The van der Waals surface area contributed by atoms with Crippen molar-refractivity contribution < 1.29 is 13.2 Å². The lowest BCUT2D eigenvalue weighted by Gasteiger charge is -2.16. The van der Waals surface area contributed by atoms with Gasteiger partial charge in [-0.25, -0.2) is 13.6 Å². The Morgan fingerprint density at radius 3 is 3.00 bits per heavy atom. The van der Waals surface area contributed by atoms with Gasteiger partial charge in [-0.1, -0.05) is 12.1 Å². The molecule has 1 unspecified atom stereocenters. The van der Waals surface area contributed by atoms with Gasteiger partial charge in [-0.05, 0) is 18.1 Å². The summed E-state index contributed by atoms with van der Waals surface area (Å²) < 4.78 is 22.6. The molecule has 0 radical (unpaired) electrons. The molecular formula is C13H16N4O3S. The highest BCUT2D eigenvalue weighted by atomic mass is 32.2. The first-order valence-electron chi connectivity index (χ1n) is 6.65. The van der Waals surface area contributed by atoms with E-state index >= 15 is 0 Å². The molecule has 1 aliphatic heterocycles. The first-order valence-corrected chi connectivity index (χ1v) is 8.26. The predicted octanol–water partition coefficient (Wildman–Crippen LogP) is -0.00520. The minimum Gasteiger partial charge on any atom is -0.341 e. The summed E-state index contributed by atoms with van der Waals surface area (Å²) in [6.45, 7) is 0.621. The number of carbonyl (C=O) groups is 1. The third-order valence-electron chi connectivity index (χ3n) is 3.82. The second-order valence-corrected chi connectivity index (χ2v) is 7.15. The summed E-state index contributed by atoms with van der Waals surface area (Å²) in [6.07, 6.45) is 2.37. The van der Waals surface area contributed by atoms with Gasteiger partial charge < -0.3 is 4.90 Å². The number of aromatic nitrogens is 2. The Balaban J connectivity index is 1.69. The molecule has 1 aromatic carbocycles. The average molecular weight is 308 g/mol. The molecule has 2 heterocycles. The lowest BCUT2D eigenvalue weighted by atomic mass is 10.1. The van der Waals surface area contributed by atoms with Crippen molar-refractivity contribution in [2.45, 2.75) is 18.1 Å². The van der Waals surface area contributed by atoms with Gasteiger partial charge in [0.2, 0.25) is 15.9 Å². The van der Waals surface area contributed by atoms with E-state index in [1.54, 1.807) is 11.1 Å². The summed E-state index contributed by atoms with van der Waals surface area (Å²) in [5.41, 5.74) is 1.75. The Bertz CT molecular complexity index is 784. The fourth-order valence-electron chi connectivity index (χ4n) is 2.60. The van der Waals surface area contributed by atoms with E-state index in [4.69, 9.17) is 5.14 Å². The van der Waals surface area contributed by atoms with Crippen molar-refractivity contribution in [1.82, 2.24) is 15.1 Å². The molecular weight excluding hydrogens is 292 g/mol. The van der Waals surface area contributed by atoms with Crippen LogP contribution in [0.15, 0.2) is 24.4 Å². The molecule has 8 heteroatoms. The van der Waals surface area contributed by atoms with Gasteiger partial charge in [0.25, 0.3) is 0 Å². The third-order valence-corrected chi connectivity index (χ3v) is 5.14. The van der Waals surface area contributed by atoms with E-state index in [0.717, 1.165) is 16.5 Å². The number of hydrogen-bond acceptors (Lipinski definition) is 4. The van der Waals surface area contributed by atoms with Gasteiger partial charge in [0.05, 0.1) is 23.4 Å². The third kappa shape index (κ3) is 2.91. The van der Waals surface area contributed by atoms with E-state index in [0.29, 0.717) is 13.0 Å². The number of fused-ring (bicyclic) bond motifs is 1. The Hall–Kier alpha value is -1.93. The summed E-state index contributed by atoms with van der Waals surface area (Å²) in [5.74, 6) is -0.0833. The molecule has 1 aliphatic rings. The first kappa shape index (κ1) is 14.0. The smallest absolute Gasteiger partial charge is 0.227 e. The fourth-order valence-corrected chi connectivity index (χ4v) is 3.43. The van der Waals surface area contributed by atoms with Crippen LogP contribution in [-0.2, 0) is 21.2 Å². The van der Waals surface area contributed by atoms with Gasteiger partial charge in [0.15, 0.2) is 0 Å². The monoisotopic (exact) mass is 308 g/mol. The van der Waals surface area contributed by atoms with Crippen LogP contribution < -0.4 is 5.14 Å². The van der Waals surface area contributed by atoms with Gasteiger partial charge >= 0.3 is 0 Å². The quantitative estimate of drug-likeness (QED) is 0.831. The molecule has 0 spiro atoms. The maximum Gasteiger partial charge on any atom is 0.227 e. The molecule has 0 bridgehead atoms. The molecule has 3 N–H and O–H groups in total. The van der Waals surface area contributed by atoms with Crippen molar-refractivity contribution in [2.24, 2.45) is 5.14 Å². The van der Waals surface area contributed by atoms with E-state index in [-0.39, 0.29) is 18.9 Å². The van der Waals surface area contributed by atoms with Crippen LogP contribution >= 0.6 is 0 Å². The maximum atomic E-state index is 12.2. The van der Waals surface area contributed by atoms with Crippen molar-refractivity contribution in [3.05, 3.63) is 30.0 Å². The van der Waals surface area contributed by atoms with Crippen molar-refractivity contribution in [2.75, 3.05) is 13.1 Å². The number of aromatic amines is 1. The van der Waals surface area contributed by atoms with Crippen molar-refractivity contribution in [1.29, 1.82) is 0 Å². The van der Waals surface area contributed by atoms with E-state index in [1.807, 2.05) is 18.2 Å². The van der Waals surface area contributed by atoms with Crippen molar-refractivity contribution >= 4 is 26.8 Å². The van der Waals surface area contributed by atoms with Gasteiger partial charge in [-0.15, -0.1) is 0 Å². The van der Waals surface area contributed by atoms with E-state index in [2.05, 4.69) is 10.2 Å². The Morgan fingerprint density at radius 1 is 1.48 bits per heavy atom. The highest BCUT2D eigenvalue weighted by Gasteiger charge is 2.32. The molecule has 1 atom stereocenters. The van der Waals surface area contributed by atoms with Crippen LogP contribution in [0.5, 0.6) is 0 Å². The fraction of sp³-hybridized carbons (Fsp3) is 0.385. The number of sulfonamides is 1. The topological polar surface area (TPSA) is 109 Å². The molecule has 112 valence electrons. The Kier molecular flexibility index (Phi) is 3.42. The summed E-state index contributed by atoms with van der Waals surface area (Å²) in [5, 5.41) is 12.3. The molecule has 1 amide bonds. The molecule has 3 rings (SSSR count). The SMILES string of the molecule is NS(=O)(=O)C1CCN(C(=O)Cc2ccc3cn[nH]c3c2)C1. The van der Waals surface area contributed by atoms with Crippen LogP contribution in [0.25, 0.3) is 10.9 Å². The molecule has 0 aliphatic carbocycles. The molecule has 2 aromatic rings. The summed E-state index contributed by atoms with van der Waals surface area (Å²) in [7, 11) is -3.57. The standard InChI is InChI=1S/C13H16N4O3S/c14-21(19,20)11-3-4-17(8-11)13(18)6-9-1-2-10-7-15-16-12(10)5-9/h1-2,5,7,11H,3-4,6,8H2,(H,15,16)(H2,14,19,20). The van der Waals surface area contributed by atoms with Crippen LogP contribution in [0.4, 0.5) is 0 Å². The zero-order valence-electron chi connectivity index (χ0n) is 11.3. The first-order chi connectivity index (χ1) is 9.93. The highest BCUT2D eigenvalue weighted by molar-refractivity contribution is 7.89. The second kappa shape index (κ2) is 5.12. The van der Waals surface area contributed by atoms with Crippen LogP contribution in [0.2, 0.25) is 0 Å². The number of rotatable bonds is 3. The van der Waals surface area contributed by atoms with Crippen LogP contribution in [0.3, 0.4) is 0 Å². The van der Waals surface area contributed by atoms with Gasteiger partial charge in [-0.3, -0.25) is 9.89 Å². The number of primary sulfonamides is 1. The van der Waals surface area contributed by atoms with Crippen LogP contribution in [0, 0.1) is 0 Å². The number of amides is 1. The summed E-state index contributed by atoms with van der Waals surface area (Å²) in [4.78, 5) is 13.8. The summed E-state index contributed by atoms with van der Waals surface area (Å²) in [6, 6.07) is 5.66. The number of nitrogens with zero attached hydrogens (tertiary/aromatic N) is 2. The second-order valence-electron chi connectivity index (χ2n) is 5.31. The number of H-pyrrole nitrogens is 1. The Morgan fingerprint density at radius 2 is 2.29 bits per heavy atom. The molecule has 1 aromatic heterocycles. The summed E-state index contributed by atoms with van der Waals surface area (Å²) >= 11 is 0. The van der Waals surface area contributed by atoms with E-state index in [1.165, 1.54) is 0 Å². The lowest BCUT2D eigenvalue weighted by Crippen LogP contribution is -2.35. The van der Waals surface area contributed by atoms with Gasteiger partial charge in [-0.2, -0.15) is 5.10 Å². The lowest BCUT2D eigenvalue weighted by molar-refractivity contribution is -0.129. The highest BCUT2D eigenvalue weighted by Crippen LogP contribution is 2.18. The average Bonchev–Trinajstić information content (AvgIpc) is 3.06. The van der Waals surface area contributed by atoms with E-state index < -0.39 is 15.3 Å². The number of carbonyl (C=O) groups excluding carboxylic acids is 1. The molecule has 1 saturated heterocycles. The zero-order chi connectivity index (χ0) is 15.0. The van der Waals surface area contributed by atoms with Gasteiger partial charge in [0, 0.05) is 18.5 Å². The van der Waals surface area contributed by atoms with E-state index in [9.17, 15) is 13.2 Å². The molecule has 0 saturated carbocycles. The van der Waals surface area contributed by atoms with Crippen LogP contribution in [0.1, 0.15) is 12.0 Å². The minimum atomic E-state index is -3.57. The molecule has 7 nitrogen and oxygen atoms in total. The largest absolute Gasteiger partial charge is 0.341 e. The van der Waals surface area contributed by atoms with Crippen molar-refractivity contribution in [3.63, 3.8) is 0 Å². The van der Waals surface area contributed by atoms with Crippen LogP contribution in [-0.4, -0.2) is 47.8 Å². The van der Waals surface area contributed by atoms with Crippen molar-refractivity contribution in [3.8, 4) is 0 Å². The molecule has 1 fully saturated rings. The minimum absolute atomic E-state index is 0.0833. The molecule has 21 heavy (non-hydrogen) atoms. The normalized spacial score (nSPS) is 19.3. The number of benzene rings is 1. The maximum absolute atomic E-state index is 12.2. The van der Waals surface area contributed by atoms with Gasteiger partial charge in [0.1, 0.15) is 0 Å². The predicted molar refractivity (Wildman–Crippen MR) is 77.9 cm³/mol. The number of likely N-dealkylation sites (tertiary alicyclic amines) is 1. The zero-order valence-corrected chi connectivity index (χ0v) is 12.1. The number of nitrogens with one attached hydrogen (secondary N) is 1.